The zero-order valence-electron chi connectivity index (χ0n) is 15.3. The smallest absolute Gasteiger partial charge is 0.256 e. The van der Waals surface area contributed by atoms with Gasteiger partial charge in [0.1, 0.15) is 17.0 Å². The predicted octanol–water partition coefficient (Wildman–Crippen LogP) is 4.02. The topological polar surface area (TPSA) is 105 Å². The number of anilines is 1. The molecule has 0 aliphatic heterocycles. The maximum Gasteiger partial charge on any atom is 0.256 e. The van der Waals surface area contributed by atoms with Gasteiger partial charge in [-0.25, -0.2) is 9.37 Å². The van der Waals surface area contributed by atoms with Crippen molar-refractivity contribution in [2.45, 2.75) is 0 Å². The SMILES string of the molecule is COc1ccc(C(=O)Nc2cc(-c3nc4ccc(OC)c(F)c4[nH]3)[nH]n2)cc1Cl. The fourth-order valence-corrected chi connectivity index (χ4v) is 3.07. The normalized spacial score (nSPS) is 10.9. The predicted molar refractivity (Wildman–Crippen MR) is 106 cm³/mol. The lowest BCUT2D eigenvalue weighted by molar-refractivity contribution is 0.102. The Kier molecular flexibility index (Phi) is 4.81. The molecule has 2 aromatic heterocycles. The van der Waals surface area contributed by atoms with Crippen molar-refractivity contribution in [2.75, 3.05) is 19.5 Å². The van der Waals surface area contributed by atoms with Gasteiger partial charge >= 0.3 is 0 Å². The van der Waals surface area contributed by atoms with Gasteiger partial charge in [-0.05, 0) is 30.3 Å². The number of carbonyl (C=O) groups is 1. The number of fused-ring (bicyclic) bond motifs is 1. The fraction of sp³-hybridized carbons (Fsp3) is 0.105. The molecule has 3 N–H and O–H groups in total. The number of ether oxygens (including phenoxy) is 2. The third-order valence-electron chi connectivity index (χ3n) is 4.27. The van der Waals surface area contributed by atoms with E-state index in [1.807, 2.05) is 0 Å². The number of nitrogens with zero attached hydrogens (tertiary/aromatic N) is 2. The average Bonchev–Trinajstić information content (AvgIpc) is 3.35. The first-order valence-corrected chi connectivity index (χ1v) is 8.81. The standard InChI is InChI=1S/C19H15ClFN5O3/c1-28-13-5-3-9(7-10(13)20)19(27)23-15-8-12(25-26-15)18-22-11-4-6-14(29-2)16(21)17(11)24-18/h3-8H,1-2H3,(H,22,24)(H2,23,25,26,27). The number of hydrogen-bond acceptors (Lipinski definition) is 5. The van der Waals surface area contributed by atoms with Crippen LogP contribution in [0.4, 0.5) is 10.2 Å². The van der Waals surface area contributed by atoms with Gasteiger partial charge in [0, 0.05) is 11.6 Å². The van der Waals surface area contributed by atoms with Crippen LogP contribution < -0.4 is 14.8 Å². The molecule has 8 nitrogen and oxygen atoms in total. The monoisotopic (exact) mass is 415 g/mol. The molecule has 29 heavy (non-hydrogen) atoms. The molecule has 4 aromatic rings. The van der Waals surface area contributed by atoms with Crippen LogP contribution in [0.25, 0.3) is 22.6 Å². The highest BCUT2D eigenvalue weighted by atomic mass is 35.5. The maximum atomic E-state index is 14.4. The van der Waals surface area contributed by atoms with Crippen LogP contribution in [0.5, 0.6) is 11.5 Å². The summed E-state index contributed by atoms with van der Waals surface area (Å²) in [5, 5.41) is 9.79. The molecule has 0 saturated carbocycles. The van der Waals surface area contributed by atoms with Crippen molar-refractivity contribution < 1.29 is 18.7 Å². The number of H-pyrrole nitrogens is 2. The molecule has 10 heteroatoms. The molecule has 0 fully saturated rings. The summed E-state index contributed by atoms with van der Waals surface area (Å²) in [6.07, 6.45) is 0. The highest BCUT2D eigenvalue weighted by Gasteiger charge is 2.16. The van der Waals surface area contributed by atoms with Crippen LogP contribution in [0.1, 0.15) is 10.4 Å². The first-order valence-electron chi connectivity index (χ1n) is 8.43. The van der Waals surface area contributed by atoms with Crippen molar-refractivity contribution in [2.24, 2.45) is 0 Å². The van der Waals surface area contributed by atoms with E-state index in [1.165, 1.54) is 26.4 Å². The van der Waals surface area contributed by atoms with Crippen molar-refractivity contribution in [1.29, 1.82) is 0 Å². The van der Waals surface area contributed by atoms with Gasteiger partial charge in [-0.15, -0.1) is 0 Å². The summed E-state index contributed by atoms with van der Waals surface area (Å²) in [6, 6.07) is 9.41. The Hall–Kier alpha value is -3.59. The molecule has 148 valence electrons. The first kappa shape index (κ1) is 18.8. The first-order chi connectivity index (χ1) is 14.0. The second kappa shape index (κ2) is 7.44. The third-order valence-corrected chi connectivity index (χ3v) is 4.56. The molecule has 0 spiro atoms. The third kappa shape index (κ3) is 3.47. The molecule has 0 atom stereocenters. The average molecular weight is 416 g/mol. The van der Waals surface area contributed by atoms with Crippen molar-refractivity contribution in [3.05, 3.63) is 52.8 Å². The second-order valence-corrected chi connectivity index (χ2v) is 6.44. The Morgan fingerprint density at radius 1 is 1.14 bits per heavy atom. The summed E-state index contributed by atoms with van der Waals surface area (Å²) < 4.78 is 24.4. The number of imidazole rings is 1. The lowest BCUT2D eigenvalue weighted by atomic mass is 10.2. The Morgan fingerprint density at radius 3 is 2.62 bits per heavy atom. The quantitative estimate of drug-likeness (QED) is 0.456. The number of benzene rings is 2. The molecule has 1 amide bonds. The molecule has 4 rings (SSSR count). The Balaban J connectivity index is 1.57. The molecule has 2 heterocycles. The summed E-state index contributed by atoms with van der Waals surface area (Å²) in [6.45, 7) is 0. The summed E-state index contributed by atoms with van der Waals surface area (Å²) >= 11 is 6.05. The zero-order chi connectivity index (χ0) is 20.5. The molecule has 0 saturated heterocycles. The van der Waals surface area contributed by atoms with Crippen molar-refractivity contribution >= 4 is 34.4 Å². The number of methoxy groups -OCH3 is 2. The lowest BCUT2D eigenvalue weighted by Gasteiger charge is -2.05. The molecule has 0 aliphatic rings. The largest absolute Gasteiger partial charge is 0.495 e. The number of rotatable bonds is 5. The van der Waals surface area contributed by atoms with Gasteiger partial charge in [0.25, 0.3) is 5.91 Å². The summed E-state index contributed by atoms with van der Waals surface area (Å²) in [7, 11) is 2.88. The number of halogens is 2. The number of nitrogens with one attached hydrogen (secondary N) is 3. The van der Waals surface area contributed by atoms with Crippen LogP contribution in [0.15, 0.2) is 36.4 Å². The molecule has 0 bridgehead atoms. The van der Waals surface area contributed by atoms with Gasteiger partial charge in [0.05, 0.1) is 24.8 Å². The number of hydrogen-bond donors (Lipinski definition) is 3. The van der Waals surface area contributed by atoms with E-state index in [-0.39, 0.29) is 17.1 Å². The summed E-state index contributed by atoms with van der Waals surface area (Å²) in [5.74, 6) is 0.298. The summed E-state index contributed by atoms with van der Waals surface area (Å²) in [4.78, 5) is 19.6. The van der Waals surface area contributed by atoms with Gasteiger partial charge in [-0.2, -0.15) is 5.10 Å². The minimum atomic E-state index is -0.534. The highest BCUT2D eigenvalue weighted by Crippen LogP contribution is 2.28. The number of aromatic amines is 2. The second-order valence-electron chi connectivity index (χ2n) is 6.03. The van der Waals surface area contributed by atoms with Gasteiger partial charge in [0.2, 0.25) is 0 Å². The Morgan fingerprint density at radius 2 is 1.90 bits per heavy atom. The molecule has 0 aliphatic carbocycles. The van der Waals surface area contributed by atoms with Gasteiger partial charge < -0.3 is 19.8 Å². The minimum Gasteiger partial charge on any atom is -0.495 e. The van der Waals surface area contributed by atoms with Gasteiger partial charge in [-0.3, -0.25) is 9.89 Å². The molecule has 0 unspecified atom stereocenters. The van der Waals surface area contributed by atoms with Crippen molar-refractivity contribution in [3.63, 3.8) is 0 Å². The van der Waals surface area contributed by atoms with Crippen LogP contribution in [-0.4, -0.2) is 40.3 Å². The molecular formula is C19H15ClFN5O3. The number of aromatic nitrogens is 4. The summed E-state index contributed by atoms with van der Waals surface area (Å²) in [5.41, 5.74) is 1.47. The van der Waals surface area contributed by atoms with E-state index >= 15 is 0 Å². The van der Waals surface area contributed by atoms with E-state index in [0.29, 0.717) is 33.4 Å². The number of carbonyl (C=O) groups excluding carboxylic acids is 1. The van der Waals surface area contributed by atoms with E-state index in [1.54, 1.807) is 24.3 Å². The fourth-order valence-electron chi connectivity index (χ4n) is 2.81. The van der Waals surface area contributed by atoms with Crippen molar-refractivity contribution in [1.82, 2.24) is 20.2 Å². The van der Waals surface area contributed by atoms with E-state index in [2.05, 4.69) is 25.5 Å². The van der Waals surface area contributed by atoms with E-state index in [4.69, 9.17) is 21.1 Å². The van der Waals surface area contributed by atoms with Crippen molar-refractivity contribution in [3.8, 4) is 23.0 Å². The number of amides is 1. The minimum absolute atomic E-state index is 0.114. The molecule has 0 radical (unpaired) electrons. The van der Waals surface area contributed by atoms with Crippen LogP contribution in [-0.2, 0) is 0 Å². The van der Waals surface area contributed by atoms with Gasteiger partial charge in [-0.1, -0.05) is 11.6 Å². The molecular weight excluding hydrogens is 401 g/mol. The Bertz CT molecular complexity index is 1220. The van der Waals surface area contributed by atoms with Crippen LogP contribution in [0, 0.1) is 5.82 Å². The van der Waals surface area contributed by atoms with Crippen LogP contribution >= 0.6 is 11.6 Å². The zero-order valence-corrected chi connectivity index (χ0v) is 16.1. The lowest BCUT2D eigenvalue weighted by Crippen LogP contribution is -2.12. The highest BCUT2D eigenvalue weighted by molar-refractivity contribution is 6.32. The van der Waals surface area contributed by atoms with E-state index in [0.717, 1.165) is 0 Å². The Labute approximate surface area is 169 Å². The van der Waals surface area contributed by atoms with E-state index in [9.17, 15) is 9.18 Å². The molecule has 2 aromatic carbocycles. The maximum absolute atomic E-state index is 14.4. The van der Waals surface area contributed by atoms with E-state index < -0.39 is 11.7 Å². The van der Waals surface area contributed by atoms with Crippen LogP contribution in [0.3, 0.4) is 0 Å². The van der Waals surface area contributed by atoms with Crippen LogP contribution in [0.2, 0.25) is 5.02 Å². The van der Waals surface area contributed by atoms with Gasteiger partial charge in [0.15, 0.2) is 23.2 Å².